The number of hydrogen-bond acceptors (Lipinski definition) is 6. The Morgan fingerprint density at radius 1 is 1.65 bits per heavy atom. The maximum atomic E-state index is 10.4. The highest BCUT2D eigenvalue weighted by molar-refractivity contribution is 8.02. The third-order valence-corrected chi connectivity index (χ3v) is 4.07. The first-order valence-electron chi connectivity index (χ1n) is 7.09. The van der Waals surface area contributed by atoms with Crippen molar-refractivity contribution >= 4 is 11.8 Å². The van der Waals surface area contributed by atoms with Crippen LogP contribution in [-0.2, 0) is 4.74 Å². The van der Waals surface area contributed by atoms with Crippen LogP contribution in [0.4, 0.5) is 0 Å². The van der Waals surface area contributed by atoms with Gasteiger partial charge in [0.1, 0.15) is 5.03 Å². The lowest BCUT2D eigenvalue weighted by molar-refractivity contribution is -0.403. The highest BCUT2D eigenvalue weighted by Crippen LogP contribution is 2.14. The summed E-state index contributed by atoms with van der Waals surface area (Å²) in [5.41, 5.74) is 0. The molecule has 1 heterocycles. The van der Waals surface area contributed by atoms with Crippen molar-refractivity contribution in [1.82, 2.24) is 10.2 Å². The van der Waals surface area contributed by atoms with Crippen LogP contribution in [-0.4, -0.2) is 55.5 Å². The minimum Gasteiger partial charge on any atom is -0.381 e. The van der Waals surface area contributed by atoms with Gasteiger partial charge in [-0.25, -0.2) is 0 Å². The van der Waals surface area contributed by atoms with E-state index in [4.69, 9.17) is 4.74 Å². The number of rotatable bonds is 10. The quantitative estimate of drug-likeness (QED) is 0.377. The molecule has 1 unspecified atom stereocenters. The minimum absolute atomic E-state index is 0.419. The van der Waals surface area contributed by atoms with Crippen LogP contribution in [0.5, 0.6) is 0 Å². The van der Waals surface area contributed by atoms with Gasteiger partial charge in [0.15, 0.2) is 0 Å². The SMILES string of the molecule is CCN(CCCNC(=C[N+](=O)[O-])SC)CC1CCOC1. The van der Waals surface area contributed by atoms with Gasteiger partial charge in [-0.15, -0.1) is 11.8 Å². The van der Waals surface area contributed by atoms with E-state index in [9.17, 15) is 10.1 Å². The number of thioether (sulfide) groups is 1. The van der Waals surface area contributed by atoms with Gasteiger partial charge in [-0.1, -0.05) is 6.92 Å². The largest absolute Gasteiger partial charge is 0.381 e. The molecule has 1 atom stereocenters. The van der Waals surface area contributed by atoms with Gasteiger partial charge in [0.25, 0.3) is 6.20 Å². The van der Waals surface area contributed by atoms with Gasteiger partial charge in [0, 0.05) is 19.7 Å². The Balaban J connectivity index is 2.18. The number of hydrogen-bond donors (Lipinski definition) is 1. The van der Waals surface area contributed by atoms with Crippen LogP contribution in [0.2, 0.25) is 0 Å². The van der Waals surface area contributed by atoms with Crippen LogP contribution in [0.15, 0.2) is 11.2 Å². The molecule has 7 heteroatoms. The zero-order valence-electron chi connectivity index (χ0n) is 12.3. The van der Waals surface area contributed by atoms with E-state index in [0.717, 1.165) is 58.4 Å². The molecule has 0 aliphatic carbocycles. The monoisotopic (exact) mass is 303 g/mol. The number of nitrogens with zero attached hydrogens (tertiary/aromatic N) is 2. The molecule has 1 aliphatic heterocycles. The summed E-state index contributed by atoms with van der Waals surface area (Å²) in [5, 5.41) is 14.1. The maximum Gasteiger partial charge on any atom is 0.263 e. The molecule has 0 aromatic rings. The van der Waals surface area contributed by atoms with Crippen LogP contribution in [0.1, 0.15) is 19.8 Å². The van der Waals surface area contributed by atoms with Gasteiger partial charge in [0.2, 0.25) is 0 Å². The first-order valence-corrected chi connectivity index (χ1v) is 8.31. The number of ether oxygens (including phenoxy) is 1. The zero-order chi connectivity index (χ0) is 14.8. The Morgan fingerprint density at radius 3 is 3.00 bits per heavy atom. The van der Waals surface area contributed by atoms with E-state index in [2.05, 4.69) is 17.1 Å². The molecule has 1 saturated heterocycles. The third kappa shape index (κ3) is 7.12. The summed E-state index contributed by atoms with van der Waals surface area (Å²) in [6.07, 6.45) is 5.01. The lowest BCUT2D eigenvalue weighted by Gasteiger charge is -2.23. The second-order valence-corrected chi connectivity index (χ2v) is 5.73. The molecule has 6 nitrogen and oxygen atoms in total. The highest BCUT2D eigenvalue weighted by atomic mass is 32.2. The fourth-order valence-corrected chi connectivity index (χ4v) is 2.69. The summed E-state index contributed by atoms with van der Waals surface area (Å²) in [7, 11) is 0. The zero-order valence-corrected chi connectivity index (χ0v) is 13.2. The average Bonchev–Trinajstić information content (AvgIpc) is 2.93. The van der Waals surface area contributed by atoms with Crippen molar-refractivity contribution in [3.05, 3.63) is 21.3 Å². The first-order chi connectivity index (χ1) is 9.65. The highest BCUT2D eigenvalue weighted by Gasteiger charge is 2.18. The van der Waals surface area contributed by atoms with Crippen molar-refractivity contribution < 1.29 is 9.66 Å². The molecule has 0 aromatic carbocycles. The molecule has 0 amide bonds. The smallest absolute Gasteiger partial charge is 0.263 e. The van der Waals surface area contributed by atoms with E-state index in [0.29, 0.717) is 10.9 Å². The summed E-state index contributed by atoms with van der Waals surface area (Å²) in [6.45, 7) is 7.86. The Hall–Kier alpha value is -0.790. The second-order valence-electron chi connectivity index (χ2n) is 4.89. The molecule has 1 fully saturated rings. The van der Waals surface area contributed by atoms with Gasteiger partial charge in [-0.2, -0.15) is 0 Å². The normalized spacial score (nSPS) is 19.6. The van der Waals surface area contributed by atoms with Crippen molar-refractivity contribution in [1.29, 1.82) is 0 Å². The maximum absolute atomic E-state index is 10.4. The van der Waals surface area contributed by atoms with E-state index in [-0.39, 0.29) is 0 Å². The van der Waals surface area contributed by atoms with Crippen molar-refractivity contribution in [3.8, 4) is 0 Å². The number of nitrogens with one attached hydrogen (secondary N) is 1. The van der Waals surface area contributed by atoms with Crippen LogP contribution >= 0.6 is 11.8 Å². The molecular weight excluding hydrogens is 278 g/mol. The van der Waals surface area contributed by atoms with Gasteiger partial charge < -0.3 is 15.0 Å². The predicted octanol–water partition coefficient (Wildman–Crippen LogP) is 1.76. The summed E-state index contributed by atoms with van der Waals surface area (Å²) in [6, 6.07) is 0. The summed E-state index contributed by atoms with van der Waals surface area (Å²) in [5.74, 6) is 0.666. The first kappa shape index (κ1) is 17.3. The van der Waals surface area contributed by atoms with Gasteiger partial charge in [-0.05, 0) is 38.1 Å². The molecule has 0 bridgehead atoms. The molecule has 0 radical (unpaired) electrons. The van der Waals surface area contributed by atoms with Crippen molar-refractivity contribution in [3.63, 3.8) is 0 Å². The number of nitro groups is 1. The van der Waals surface area contributed by atoms with E-state index in [1.54, 1.807) is 0 Å². The second kappa shape index (κ2) is 10.0. The van der Waals surface area contributed by atoms with Gasteiger partial charge in [0.05, 0.1) is 11.5 Å². The molecule has 0 saturated carbocycles. The lowest BCUT2D eigenvalue weighted by atomic mass is 10.1. The third-order valence-electron chi connectivity index (χ3n) is 3.38. The molecule has 0 aromatic heterocycles. The fraction of sp³-hybridized carbons (Fsp3) is 0.846. The summed E-state index contributed by atoms with van der Waals surface area (Å²) >= 11 is 1.37. The van der Waals surface area contributed by atoms with Crippen molar-refractivity contribution in [2.75, 3.05) is 45.6 Å². The molecule has 0 spiro atoms. The van der Waals surface area contributed by atoms with E-state index in [1.165, 1.54) is 11.8 Å². The van der Waals surface area contributed by atoms with Crippen molar-refractivity contribution in [2.24, 2.45) is 5.92 Å². The van der Waals surface area contributed by atoms with Crippen LogP contribution < -0.4 is 5.32 Å². The predicted molar refractivity (Wildman–Crippen MR) is 82.3 cm³/mol. The van der Waals surface area contributed by atoms with Gasteiger partial charge >= 0.3 is 0 Å². The summed E-state index contributed by atoms with van der Waals surface area (Å²) < 4.78 is 5.40. The summed E-state index contributed by atoms with van der Waals surface area (Å²) in [4.78, 5) is 12.4. The molecule has 116 valence electrons. The molecule has 20 heavy (non-hydrogen) atoms. The molecule has 1 N–H and O–H groups in total. The molecular formula is C13H25N3O3S. The standard InChI is InChI=1S/C13H25N3O3S/c1-3-15(9-12-5-8-19-11-12)7-4-6-14-13(20-2)10-16(17)18/h10,12,14H,3-9,11H2,1-2H3. The van der Waals surface area contributed by atoms with Gasteiger partial charge in [-0.3, -0.25) is 10.1 Å². The van der Waals surface area contributed by atoms with Crippen LogP contribution in [0.3, 0.4) is 0 Å². The average molecular weight is 303 g/mol. The molecule has 1 rings (SSSR count). The topological polar surface area (TPSA) is 67.6 Å². The Morgan fingerprint density at radius 2 is 2.45 bits per heavy atom. The fourth-order valence-electron chi connectivity index (χ4n) is 2.25. The van der Waals surface area contributed by atoms with Crippen molar-refractivity contribution in [2.45, 2.75) is 19.8 Å². The van der Waals surface area contributed by atoms with E-state index >= 15 is 0 Å². The Kier molecular flexibility index (Phi) is 8.64. The Bertz CT molecular complexity index is 320. The molecule has 1 aliphatic rings. The Labute approximate surface area is 125 Å². The lowest BCUT2D eigenvalue weighted by Crippen LogP contribution is -2.32. The minimum atomic E-state index is -0.419. The van der Waals surface area contributed by atoms with E-state index < -0.39 is 4.92 Å². The van der Waals surface area contributed by atoms with E-state index in [1.807, 2.05) is 6.26 Å². The van der Waals surface area contributed by atoms with Crippen LogP contribution in [0.25, 0.3) is 0 Å². The van der Waals surface area contributed by atoms with Crippen LogP contribution in [0, 0.1) is 16.0 Å².